The van der Waals surface area contributed by atoms with Crippen molar-refractivity contribution in [1.82, 2.24) is 10.6 Å². The summed E-state index contributed by atoms with van der Waals surface area (Å²) in [6, 6.07) is 9.12. The molecule has 1 fully saturated rings. The van der Waals surface area contributed by atoms with Gasteiger partial charge in [0.25, 0.3) is 0 Å². The number of esters is 1. The predicted molar refractivity (Wildman–Crippen MR) is 150 cm³/mol. The lowest BCUT2D eigenvalue weighted by Crippen LogP contribution is -2.45. The summed E-state index contributed by atoms with van der Waals surface area (Å²) in [7, 11) is 0. The molecule has 0 radical (unpaired) electrons. The van der Waals surface area contributed by atoms with E-state index in [-0.39, 0.29) is 55.4 Å². The van der Waals surface area contributed by atoms with Gasteiger partial charge in [-0.15, -0.1) is 13.2 Å². The number of hydrogen-bond acceptors (Lipinski definition) is 5. The maximum absolute atomic E-state index is 13.3. The molecule has 0 aromatic heterocycles. The molecule has 3 N–H and O–H groups in total. The summed E-state index contributed by atoms with van der Waals surface area (Å²) in [5, 5.41) is 15.0. The van der Waals surface area contributed by atoms with E-state index in [1.165, 1.54) is 19.3 Å². The van der Waals surface area contributed by atoms with Gasteiger partial charge in [-0.2, -0.15) is 0 Å². The van der Waals surface area contributed by atoms with Gasteiger partial charge in [-0.1, -0.05) is 74.6 Å². The number of nitrogens with one attached hydrogen (secondary N) is 2. The van der Waals surface area contributed by atoms with Crippen LogP contribution in [-0.2, 0) is 25.5 Å². The first-order chi connectivity index (χ1) is 18.4. The van der Waals surface area contributed by atoms with Crippen LogP contribution in [0.25, 0.3) is 0 Å². The largest absolute Gasteiger partial charge is 0.463 e. The molecule has 4 atom stereocenters. The smallest absolute Gasteiger partial charge is 0.309 e. The Kier molecular flexibility index (Phi) is 14.5. The molecule has 1 aliphatic carbocycles. The van der Waals surface area contributed by atoms with Crippen molar-refractivity contribution in [2.24, 2.45) is 17.8 Å². The van der Waals surface area contributed by atoms with Gasteiger partial charge in [0, 0.05) is 12.5 Å². The summed E-state index contributed by atoms with van der Waals surface area (Å²) in [4.78, 5) is 38.7. The van der Waals surface area contributed by atoms with Crippen molar-refractivity contribution in [2.75, 3.05) is 13.2 Å². The summed E-state index contributed by atoms with van der Waals surface area (Å²) in [5.74, 6) is -1.30. The standard InChI is InChI=1S/C31H46N2O5/c1-4-12-26(20-29(35)32-23(3)21-34)30(36)33-28(19-25-16-10-7-11-17-25)22-38-31(37)27(13-5-2)18-24-14-8-6-9-15-24/h4-6,8-9,14-15,23,25-28,34H,1-2,7,10-13,16-22H2,3H3,(H,32,35)(H,33,36)/t23-,26+,27+,28-/m0/s1. The highest BCUT2D eigenvalue weighted by atomic mass is 16.5. The molecule has 1 aromatic rings. The monoisotopic (exact) mass is 526 g/mol. The second kappa shape index (κ2) is 17.6. The molecule has 0 spiro atoms. The first-order valence-electron chi connectivity index (χ1n) is 14.0. The van der Waals surface area contributed by atoms with Crippen LogP contribution in [0, 0.1) is 17.8 Å². The van der Waals surface area contributed by atoms with E-state index in [1.54, 1.807) is 19.1 Å². The third kappa shape index (κ3) is 11.6. The maximum Gasteiger partial charge on any atom is 0.309 e. The Balaban J connectivity index is 2.05. The Morgan fingerprint density at radius 3 is 2.32 bits per heavy atom. The molecule has 0 saturated heterocycles. The lowest BCUT2D eigenvalue weighted by atomic mass is 9.84. The van der Waals surface area contributed by atoms with Crippen LogP contribution in [0.2, 0.25) is 0 Å². The highest BCUT2D eigenvalue weighted by molar-refractivity contribution is 5.86. The SMILES string of the molecule is C=CC[C@H](CC(=O)N[C@@H](C)CO)C(=O)N[C@H](COC(=O)[C@H](CC=C)Cc1ccccc1)CC1CCCCC1. The Hall–Kier alpha value is -2.93. The van der Waals surface area contributed by atoms with Crippen LogP contribution in [0.15, 0.2) is 55.6 Å². The van der Waals surface area contributed by atoms with E-state index in [4.69, 9.17) is 4.74 Å². The van der Waals surface area contributed by atoms with E-state index < -0.39 is 5.92 Å². The summed E-state index contributed by atoms with van der Waals surface area (Å²) in [6.07, 6.45) is 11.3. The van der Waals surface area contributed by atoms with E-state index in [2.05, 4.69) is 23.8 Å². The fraction of sp³-hybridized carbons (Fsp3) is 0.581. The van der Waals surface area contributed by atoms with Crippen LogP contribution < -0.4 is 10.6 Å². The van der Waals surface area contributed by atoms with Crippen molar-refractivity contribution in [3.63, 3.8) is 0 Å². The second-order valence-corrected chi connectivity index (χ2v) is 10.6. The fourth-order valence-corrected chi connectivity index (χ4v) is 5.06. The summed E-state index contributed by atoms with van der Waals surface area (Å²) < 4.78 is 5.79. The molecule has 0 unspecified atom stereocenters. The zero-order valence-corrected chi connectivity index (χ0v) is 22.9. The van der Waals surface area contributed by atoms with Crippen LogP contribution in [-0.4, -0.2) is 48.2 Å². The molecule has 7 heteroatoms. The minimum Gasteiger partial charge on any atom is -0.463 e. The molecular weight excluding hydrogens is 480 g/mol. The van der Waals surface area contributed by atoms with Gasteiger partial charge in [-0.3, -0.25) is 14.4 Å². The van der Waals surface area contributed by atoms with Crippen molar-refractivity contribution in [3.05, 3.63) is 61.2 Å². The third-order valence-corrected chi connectivity index (χ3v) is 7.16. The van der Waals surface area contributed by atoms with Crippen LogP contribution >= 0.6 is 0 Å². The molecule has 7 nitrogen and oxygen atoms in total. The van der Waals surface area contributed by atoms with Gasteiger partial charge in [0.15, 0.2) is 0 Å². The fourth-order valence-electron chi connectivity index (χ4n) is 5.06. The first kappa shape index (κ1) is 31.3. The number of carbonyl (C=O) groups excluding carboxylic acids is 3. The minimum atomic E-state index is -0.588. The quantitative estimate of drug-likeness (QED) is 0.205. The Morgan fingerprint density at radius 2 is 1.68 bits per heavy atom. The van der Waals surface area contributed by atoms with Gasteiger partial charge in [0.1, 0.15) is 6.61 Å². The van der Waals surface area contributed by atoms with Crippen molar-refractivity contribution in [3.8, 4) is 0 Å². The van der Waals surface area contributed by atoms with Crippen molar-refractivity contribution < 1.29 is 24.2 Å². The van der Waals surface area contributed by atoms with Gasteiger partial charge in [-0.05, 0) is 44.1 Å². The van der Waals surface area contributed by atoms with E-state index in [0.717, 1.165) is 24.8 Å². The number of ether oxygens (including phenoxy) is 1. The molecule has 0 heterocycles. The Morgan fingerprint density at radius 1 is 1.03 bits per heavy atom. The normalized spacial score (nSPS) is 16.9. The van der Waals surface area contributed by atoms with Crippen LogP contribution in [0.1, 0.15) is 70.3 Å². The van der Waals surface area contributed by atoms with E-state index in [1.807, 2.05) is 30.3 Å². The predicted octanol–water partition coefficient (Wildman–Crippen LogP) is 4.50. The highest BCUT2D eigenvalue weighted by Crippen LogP contribution is 2.28. The molecule has 210 valence electrons. The average molecular weight is 527 g/mol. The average Bonchev–Trinajstić information content (AvgIpc) is 2.92. The Bertz CT molecular complexity index is 882. The van der Waals surface area contributed by atoms with Gasteiger partial charge < -0.3 is 20.5 Å². The van der Waals surface area contributed by atoms with Gasteiger partial charge in [0.2, 0.25) is 11.8 Å². The van der Waals surface area contributed by atoms with Crippen molar-refractivity contribution in [2.45, 2.75) is 83.2 Å². The lowest BCUT2D eigenvalue weighted by Gasteiger charge is -2.28. The molecule has 0 aliphatic heterocycles. The summed E-state index contributed by atoms with van der Waals surface area (Å²) in [6.45, 7) is 9.17. The second-order valence-electron chi connectivity index (χ2n) is 10.6. The zero-order chi connectivity index (χ0) is 27.8. The highest BCUT2D eigenvalue weighted by Gasteiger charge is 2.28. The third-order valence-electron chi connectivity index (χ3n) is 7.16. The van der Waals surface area contributed by atoms with Crippen LogP contribution in [0.4, 0.5) is 0 Å². The number of aliphatic hydroxyl groups is 1. The van der Waals surface area contributed by atoms with Crippen molar-refractivity contribution >= 4 is 17.8 Å². The van der Waals surface area contributed by atoms with Crippen molar-refractivity contribution in [1.29, 1.82) is 0 Å². The number of hydrogen-bond donors (Lipinski definition) is 3. The van der Waals surface area contributed by atoms with E-state index >= 15 is 0 Å². The number of carbonyl (C=O) groups is 3. The number of amides is 2. The molecule has 38 heavy (non-hydrogen) atoms. The number of allylic oxidation sites excluding steroid dienone is 2. The van der Waals surface area contributed by atoms with Gasteiger partial charge in [0.05, 0.1) is 24.5 Å². The maximum atomic E-state index is 13.3. The Labute approximate surface area is 228 Å². The van der Waals surface area contributed by atoms with E-state index in [0.29, 0.717) is 25.2 Å². The summed E-state index contributed by atoms with van der Waals surface area (Å²) >= 11 is 0. The molecular formula is C31H46N2O5. The van der Waals surface area contributed by atoms with Crippen LogP contribution in [0.5, 0.6) is 0 Å². The number of aliphatic hydroxyl groups excluding tert-OH is 1. The molecule has 1 saturated carbocycles. The number of benzene rings is 1. The molecule has 1 aliphatic rings. The van der Waals surface area contributed by atoms with Gasteiger partial charge >= 0.3 is 5.97 Å². The minimum absolute atomic E-state index is 0.00336. The molecule has 2 amide bonds. The van der Waals surface area contributed by atoms with Gasteiger partial charge in [-0.25, -0.2) is 0 Å². The number of rotatable bonds is 17. The molecule has 0 bridgehead atoms. The van der Waals surface area contributed by atoms with E-state index in [9.17, 15) is 19.5 Å². The summed E-state index contributed by atoms with van der Waals surface area (Å²) in [5.41, 5.74) is 1.06. The lowest BCUT2D eigenvalue weighted by molar-refractivity contribution is -0.150. The molecule has 2 rings (SSSR count). The first-order valence-corrected chi connectivity index (χ1v) is 14.0. The van der Waals surface area contributed by atoms with Crippen LogP contribution in [0.3, 0.4) is 0 Å². The topological polar surface area (TPSA) is 105 Å². The zero-order valence-electron chi connectivity index (χ0n) is 22.9. The molecule has 1 aromatic carbocycles.